The summed E-state index contributed by atoms with van der Waals surface area (Å²) in [5, 5.41) is 24.4. The van der Waals surface area contributed by atoms with Crippen LogP contribution in [0.2, 0.25) is 0 Å². The van der Waals surface area contributed by atoms with Crippen LogP contribution in [0, 0.1) is 0 Å². The van der Waals surface area contributed by atoms with Gasteiger partial charge in [0.05, 0.1) is 19.3 Å². The minimum absolute atomic E-state index is 0.0557. The van der Waals surface area contributed by atoms with Crippen molar-refractivity contribution in [1.82, 2.24) is 19.9 Å². The molecule has 0 bridgehead atoms. The van der Waals surface area contributed by atoms with E-state index in [1.165, 1.54) is 10.9 Å². The van der Waals surface area contributed by atoms with E-state index < -0.39 is 5.97 Å². The second-order valence-corrected chi connectivity index (χ2v) is 3.20. The number of aromatic nitrogens is 3. The zero-order valence-corrected chi connectivity index (χ0v) is 8.50. The van der Waals surface area contributed by atoms with Crippen LogP contribution in [-0.4, -0.2) is 62.8 Å². The molecule has 0 atom stereocenters. The number of likely N-dealkylation sites (N-methyl/N-ethyl adjacent to an activating group) is 1. The summed E-state index contributed by atoms with van der Waals surface area (Å²) in [6.45, 7) is 1.93. The van der Waals surface area contributed by atoms with Gasteiger partial charge in [0.25, 0.3) is 0 Å². The highest BCUT2D eigenvalue weighted by atomic mass is 16.4. The Morgan fingerprint density at radius 3 is 2.87 bits per heavy atom. The summed E-state index contributed by atoms with van der Waals surface area (Å²) in [7, 11) is 1.87. The van der Waals surface area contributed by atoms with E-state index in [1.54, 1.807) is 0 Å². The first kappa shape index (κ1) is 11.6. The normalized spacial score (nSPS) is 10.9. The van der Waals surface area contributed by atoms with Crippen LogP contribution in [0.4, 0.5) is 0 Å². The van der Waals surface area contributed by atoms with Crippen molar-refractivity contribution < 1.29 is 15.0 Å². The van der Waals surface area contributed by atoms with Crippen molar-refractivity contribution in [3.63, 3.8) is 0 Å². The van der Waals surface area contributed by atoms with Crippen LogP contribution < -0.4 is 0 Å². The molecule has 1 rings (SSSR count). The van der Waals surface area contributed by atoms with Gasteiger partial charge in [0, 0.05) is 13.1 Å². The lowest BCUT2D eigenvalue weighted by Gasteiger charge is -2.13. The zero-order chi connectivity index (χ0) is 11.3. The van der Waals surface area contributed by atoms with Crippen molar-refractivity contribution in [2.75, 3.05) is 26.7 Å². The van der Waals surface area contributed by atoms with Gasteiger partial charge in [0.1, 0.15) is 0 Å². The molecule has 2 N–H and O–H groups in total. The number of carbonyl (C=O) groups is 1. The summed E-state index contributed by atoms with van der Waals surface area (Å²) < 4.78 is 1.47. The third-order valence-electron chi connectivity index (χ3n) is 1.95. The number of aliphatic hydroxyl groups is 1. The molecule has 0 saturated carbocycles. The Kier molecular flexibility index (Phi) is 4.19. The van der Waals surface area contributed by atoms with Crippen molar-refractivity contribution >= 4 is 5.97 Å². The molecular weight excluding hydrogens is 200 g/mol. The first-order chi connectivity index (χ1) is 7.13. The van der Waals surface area contributed by atoms with Gasteiger partial charge >= 0.3 is 5.97 Å². The quantitative estimate of drug-likeness (QED) is 0.624. The molecule has 1 aromatic rings. The molecule has 0 aliphatic carbocycles. The maximum absolute atomic E-state index is 10.5. The first-order valence-corrected chi connectivity index (χ1v) is 4.56. The summed E-state index contributed by atoms with van der Waals surface area (Å²) in [4.78, 5) is 12.4. The Morgan fingerprint density at radius 1 is 1.60 bits per heavy atom. The zero-order valence-electron chi connectivity index (χ0n) is 8.50. The molecule has 0 radical (unpaired) electrons. The summed E-state index contributed by atoms with van der Waals surface area (Å²) in [6, 6.07) is 0. The predicted molar refractivity (Wildman–Crippen MR) is 51.6 cm³/mol. The molecule has 15 heavy (non-hydrogen) atoms. The van der Waals surface area contributed by atoms with E-state index >= 15 is 0 Å². The van der Waals surface area contributed by atoms with Crippen LogP contribution in [0.3, 0.4) is 0 Å². The van der Waals surface area contributed by atoms with E-state index in [2.05, 4.69) is 10.3 Å². The fourth-order valence-corrected chi connectivity index (χ4v) is 1.06. The van der Waals surface area contributed by atoms with E-state index in [4.69, 9.17) is 10.2 Å². The maximum atomic E-state index is 10.5. The minimum Gasteiger partial charge on any atom is -0.476 e. The van der Waals surface area contributed by atoms with Gasteiger partial charge < -0.3 is 15.1 Å². The van der Waals surface area contributed by atoms with Crippen LogP contribution in [0.15, 0.2) is 6.20 Å². The van der Waals surface area contributed by atoms with Gasteiger partial charge in [-0.2, -0.15) is 0 Å². The number of nitrogens with zero attached hydrogens (tertiary/aromatic N) is 4. The predicted octanol–water partition coefficient (Wildman–Crippen LogP) is -1.10. The van der Waals surface area contributed by atoms with E-state index in [0.717, 1.165) is 0 Å². The van der Waals surface area contributed by atoms with Crippen LogP contribution >= 0.6 is 0 Å². The second kappa shape index (κ2) is 5.42. The standard InChI is InChI=1S/C8H14N4O3/c1-11(4-5-13)2-3-12-6-7(8(14)15)9-10-12/h6,13H,2-5H2,1H3,(H,14,15). The third-order valence-corrected chi connectivity index (χ3v) is 1.95. The molecule has 0 unspecified atom stereocenters. The number of hydrogen-bond donors (Lipinski definition) is 2. The van der Waals surface area contributed by atoms with Gasteiger partial charge in [0.2, 0.25) is 0 Å². The fourth-order valence-electron chi connectivity index (χ4n) is 1.06. The number of rotatable bonds is 6. The van der Waals surface area contributed by atoms with Crippen molar-refractivity contribution in [2.45, 2.75) is 6.54 Å². The lowest BCUT2D eigenvalue weighted by atomic mass is 10.5. The van der Waals surface area contributed by atoms with Crippen molar-refractivity contribution in [1.29, 1.82) is 0 Å². The molecule has 1 aromatic heterocycles. The van der Waals surface area contributed by atoms with Crippen molar-refractivity contribution in [3.8, 4) is 0 Å². The number of carboxylic acid groups (broad SMARTS) is 1. The second-order valence-electron chi connectivity index (χ2n) is 3.20. The lowest BCUT2D eigenvalue weighted by molar-refractivity contribution is 0.0690. The molecule has 0 amide bonds. The lowest BCUT2D eigenvalue weighted by Crippen LogP contribution is -2.26. The molecule has 0 aliphatic heterocycles. The van der Waals surface area contributed by atoms with Gasteiger partial charge in [-0.1, -0.05) is 5.21 Å². The number of hydrogen-bond acceptors (Lipinski definition) is 5. The first-order valence-electron chi connectivity index (χ1n) is 4.56. The molecule has 0 fully saturated rings. The average Bonchev–Trinajstić information content (AvgIpc) is 2.63. The highest BCUT2D eigenvalue weighted by Gasteiger charge is 2.08. The van der Waals surface area contributed by atoms with Gasteiger partial charge in [-0.05, 0) is 7.05 Å². The Bertz CT molecular complexity index is 325. The summed E-state index contributed by atoms with van der Waals surface area (Å²) in [6.07, 6.45) is 1.38. The summed E-state index contributed by atoms with van der Waals surface area (Å²) in [5.74, 6) is -1.08. The van der Waals surface area contributed by atoms with Gasteiger partial charge in [-0.15, -0.1) is 5.10 Å². The average molecular weight is 214 g/mol. The van der Waals surface area contributed by atoms with Crippen LogP contribution in [0.25, 0.3) is 0 Å². The monoisotopic (exact) mass is 214 g/mol. The molecule has 7 heteroatoms. The van der Waals surface area contributed by atoms with E-state index in [1.807, 2.05) is 11.9 Å². The SMILES string of the molecule is CN(CCO)CCn1cc(C(=O)O)nn1. The largest absolute Gasteiger partial charge is 0.476 e. The Labute approximate surface area is 86.9 Å². The minimum atomic E-state index is -1.08. The third kappa shape index (κ3) is 3.64. The molecule has 0 saturated heterocycles. The van der Waals surface area contributed by atoms with Gasteiger partial charge in [0.15, 0.2) is 5.69 Å². The molecule has 0 spiro atoms. The molecule has 7 nitrogen and oxygen atoms in total. The van der Waals surface area contributed by atoms with Gasteiger partial charge in [-0.3, -0.25) is 4.68 Å². The maximum Gasteiger partial charge on any atom is 0.358 e. The Morgan fingerprint density at radius 2 is 2.33 bits per heavy atom. The van der Waals surface area contributed by atoms with E-state index in [-0.39, 0.29) is 12.3 Å². The summed E-state index contributed by atoms with van der Waals surface area (Å²) in [5.41, 5.74) is -0.0557. The van der Waals surface area contributed by atoms with Crippen LogP contribution in [-0.2, 0) is 6.54 Å². The van der Waals surface area contributed by atoms with Crippen molar-refractivity contribution in [2.24, 2.45) is 0 Å². The fraction of sp³-hybridized carbons (Fsp3) is 0.625. The van der Waals surface area contributed by atoms with Crippen molar-refractivity contribution in [3.05, 3.63) is 11.9 Å². The molecular formula is C8H14N4O3. The van der Waals surface area contributed by atoms with Crippen LogP contribution in [0.5, 0.6) is 0 Å². The number of aromatic carboxylic acids is 1. The number of aliphatic hydroxyl groups excluding tert-OH is 1. The van der Waals surface area contributed by atoms with Gasteiger partial charge in [-0.25, -0.2) is 4.79 Å². The molecule has 1 heterocycles. The highest BCUT2D eigenvalue weighted by molar-refractivity contribution is 5.84. The Balaban J connectivity index is 2.40. The number of carboxylic acids is 1. The van der Waals surface area contributed by atoms with E-state index in [0.29, 0.717) is 19.6 Å². The van der Waals surface area contributed by atoms with Crippen LogP contribution in [0.1, 0.15) is 10.5 Å². The molecule has 0 aliphatic rings. The topological polar surface area (TPSA) is 91.5 Å². The smallest absolute Gasteiger partial charge is 0.358 e. The molecule has 84 valence electrons. The Hall–Kier alpha value is -1.47. The van der Waals surface area contributed by atoms with E-state index in [9.17, 15) is 4.79 Å². The summed E-state index contributed by atoms with van der Waals surface area (Å²) >= 11 is 0. The highest BCUT2D eigenvalue weighted by Crippen LogP contribution is 1.93. The molecule has 0 aromatic carbocycles.